The summed E-state index contributed by atoms with van der Waals surface area (Å²) in [5.41, 5.74) is 1.90. The van der Waals surface area contributed by atoms with Crippen LogP contribution in [0.5, 0.6) is 0 Å². The van der Waals surface area contributed by atoms with Crippen molar-refractivity contribution < 1.29 is 4.79 Å². The van der Waals surface area contributed by atoms with Gasteiger partial charge in [0.25, 0.3) is 0 Å². The van der Waals surface area contributed by atoms with Gasteiger partial charge in [-0.25, -0.2) is 4.79 Å². The molecule has 0 heterocycles. The van der Waals surface area contributed by atoms with Crippen molar-refractivity contribution in [2.24, 2.45) is 0 Å². The summed E-state index contributed by atoms with van der Waals surface area (Å²) in [6.45, 7) is 4.48. The number of amides is 2. The van der Waals surface area contributed by atoms with Gasteiger partial charge >= 0.3 is 6.03 Å². The van der Waals surface area contributed by atoms with E-state index in [-0.39, 0.29) is 6.03 Å². The van der Waals surface area contributed by atoms with Gasteiger partial charge in [0.1, 0.15) is 0 Å². The molecule has 4 heteroatoms. The topological polar surface area (TPSA) is 41.1 Å². The van der Waals surface area contributed by atoms with Crippen LogP contribution in [0.3, 0.4) is 0 Å². The van der Waals surface area contributed by atoms with Crippen LogP contribution in [0.15, 0.2) is 22.7 Å². The molecule has 0 atom stereocenters. The summed E-state index contributed by atoms with van der Waals surface area (Å²) in [6, 6.07) is 5.63. The predicted octanol–water partition coefficient (Wildman–Crippen LogP) is 2.90. The van der Waals surface area contributed by atoms with E-state index < -0.39 is 0 Å². The lowest BCUT2D eigenvalue weighted by atomic mass is 10.2. The Morgan fingerprint density at radius 1 is 1.50 bits per heavy atom. The summed E-state index contributed by atoms with van der Waals surface area (Å²) < 4.78 is 0.884. The van der Waals surface area contributed by atoms with E-state index >= 15 is 0 Å². The molecule has 2 amide bonds. The first-order valence-corrected chi connectivity index (χ1v) is 5.23. The van der Waals surface area contributed by atoms with E-state index in [1.54, 1.807) is 0 Å². The Hall–Kier alpha value is -1.03. The molecule has 0 radical (unpaired) electrons. The summed E-state index contributed by atoms with van der Waals surface area (Å²) in [5.74, 6) is 0. The molecular weight excluding hydrogens is 244 g/mol. The Morgan fingerprint density at radius 2 is 2.21 bits per heavy atom. The van der Waals surface area contributed by atoms with E-state index in [4.69, 9.17) is 0 Å². The molecule has 0 saturated carbocycles. The fourth-order valence-electron chi connectivity index (χ4n) is 1.06. The Bertz CT molecular complexity index is 339. The first-order valence-electron chi connectivity index (χ1n) is 4.44. The van der Waals surface area contributed by atoms with Gasteiger partial charge in [-0.05, 0) is 47.5 Å². The minimum Gasteiger partial charge on any atom is -0.338 e. The van der Waals surface area contributed by atoms with Gasteiger partial charge in [0, 0.05) is 11.0 Å². The molecule has 0 spiro atoms. The predicted molar refractivity (Wildman–Crippen MR) is 61.6 cm³/mol. The van der Waals surface area contributed by atoms with E-state index in [0.29, 0.717) is 6.54 Å². The maximum atomic E-state index is 11.2. The molecule has 0 unspecified atom stereocenters. The minimum absolute atomic E-state index is 0.182. The molecular formula is C10H13BrN2O. The number of carbonyl (C=O) groups is 1. The lowest BCUT2D eigenvalue weighted by Crippen LogP contribution is -2.28. The highest BCUT2D eigenvalue weighted by atomic mass is 79.9. The summed E-state index contributed by atoms with van der Waals surface area (Å²) in [5, 5.41) is 5.42. The van der Waals surface area contributed by atoms with Crippen LogP contribution in [0.25, 0.3) is 0 Å². The van der Waals surface area contributed by atoms with Crippen LogP contribution in [0.2, 0.25) is 0 Å². The third-order valence-corrected chi connectivity index (χ3v) is 2.40. The van der Waals surface area contributed by atoms with Crippen molar-refractivity contribution >= 4 is 27.6 Å². The number of carbonyl (C=O) groups excluding carboxylic acids is 1. The Morgan fingerprint density at radius 3 is 2.86 bits per heavy atom. The maximum absolute atomic E-state index is 11.2. The first-order chi connectivity index (χ1) is 6.63. The van der Waals surface area contributed by atoms with Gasteiger partial charge < -0.3 is 10.6 Å². The van der Waals surface area contributed by atoms with Crippen molar-refractivity contribution in [2.75, 3.05) is 11.9 Å². The smallest absolute Gasteiger partial charge is 0.319 e. The van der Waals surface area contributed by atoms with Gasteiger partial charge in [0.15, 0.2) is 0 Å². The molecule has 0 aliphatic heterocycles. The molecule has 2 N–H and O–H groups in total. The molecule has 3 nitrogen and oxygen atoms in total. The second kappa shape index (κ2) is 5.00. The minimum atomic E-state index is -0.182. The second-order valence-electron chi connectivity index (χ2n) is 2.97. The monoisotopic (exact) mass is 256 g/mol. The number of aryl methyl sites for hydroxylation is 1. The van der Waals surface area contributed by atoms with Crippen LogP contribution in [0, 0.1) is 6.92 Å². The number of urea groups is 1. The summed E-state index contributed by atoms with van der Waals surface area (Å²) in [4.78, 5) is 11.2. The van der Waals surface area contributed by atoms with Gasteiger partial charge in [0.05, 0.1) is 5.69 Å². The number of benzene rings is 1. The van der Waals surface area contributed by atoms with Gasteiger partial charge in [-0.3, -0.25) is 0 Å². The molecule has 0 aromatic heterocycles. The van der Waals surface area contributed by atoms with Crippen LogP contribution < -0.4 is 10.6 Å². The number of hydrogen-bond acceptors (Lipinski definition) is 1. The van der Waals surface area contributed by atoms with Crippen molar-refractivity contribution in [1.82, 2.24) is 5.32 Å². The van der Waals surface area contributed by atoms with E-state index in [1.807, 2.05) is 32.0 Å². The van der Waals surface area contributed by atoms with Gasteiger partial charge in [-0.2, -0.15) is 0 Å². The van der Waals surface area contributed by atoms with Crippen LogP contribution >= 0.6 is 15.9 Å². The van der Waals surface area contributed by atoms with Crippen molar-refractivity contribution in [2.45, 2.75) is 13.8 Å². The average Bonchev–Trinajstić information content (AvgIpc) is 2.12. The quantitative estimate of drug-likeness (QED) is 0.840. The molecule has 76 valence electrons. The van der Waals surface area contributed by atoms with Gasteiger partial charge in [-0.1, -0.05) is 6.07 Å². The third kappa shape index (κ3) is 3.03. The number of nitrogens with one attached hydrogen (secondary N) is 2. The van der Waals surface area contributed by atoms with Crippen molar-refractivity contribution in [1.29, 1.82) is 0 Å². The van der Waals surface area contributed by atoms with Crippen LogP contribution in [0.4, 0.5) is 10.5 Å². The van der Waals surface area contributed by atoms with Crippen LogP contribution in [-0.2, 0) is 0 Å². The molecule has 14 heavy (non-hydrogen) atoms. The molecule has 0 saturated heterocycles. The normalized spacial score (nSPS) is 9.64. The highest BCUT2D eigenvalue weighted by molar-refractivity contribution is 9.10. The van der Waals surface area contributed by atoms with E-state index in [2.05, 4.69) is 26.6 Å². The molecule has 1 rings (SSSR count). The number of hydrogen-bond donors (Lipinski definition) is 2. The van der Waals surface area contributed by atoms with Crippen LogP contribution in [-0.4, -0.2) is 12.6 Å². The summed E-state index contributed by atoms with van der Waals surface area (Å²) in [6.07, 6.45) is 0. The lowest BCUT2D eigenvalue weighted by Gasteiger charge is -2.08. The molecule has 0 fully saturated rings. The van der Waals surface area contributed by atoms with E-state index in [9.17, 15) is 4.79 Å². The zero-order valence-electron chi connectivity index (χ0n) is 8.23. The highest BCUT2D eigenvalue weighted by Crippen LogP contribution is 2.22. The summed E-state index contributed by atoms with van der Waals surface area (Å²) in [7, 11) is 0. The average molecular weight is 257 g/mol. The zero-order chi connectivity index (χ0) is 10.6. The Labute approximate surface area is 92.0 Å². The molecule has 0 aliphatic carbocycles. The van der Waals surface area contributed by atoms with Gasteiger partial charge in [-0.15, -0.1) is 0 Å². The highest BCUT2D eigenvalue weighted by Gasteiger charge is 2.03. The molecule has 1 aromatic carbocycles. The number of anilines is 1. The fourth-order valence-corrected chi connectivity index (χ4v) is 1.41. The summed E-state index contributed by atoms with van der Waals surface area (Å²) >= 11 is 3.37. The number of rotatable bonds is 2. The zero-order valence-corrected chi connectivity index (χ0v) is 9.81. The first kappa shape index (κ1) is 11.0. The second-order valence-corrected chi connectivity index (χ2v) is 3.82. The lowest BCUT2D eigenvalue weighted by molar-refractivity contribution is 0.252. The molecule has 0 bridgehead atoms. The SMILES string of the molecule is CCNC(=O)Nc1cc(C)ccc1Br. The fraction of sp³-hybridized carbons (Fsp3) is 0.300. The van der Waals surface area contributed by atoms with Crippen molar-refractivity contribution in [3.63, 3.8) is 0 Å². The maximum Gasteiger partial charge on any atom is 0.319 e. The van der Waals surface area contributed by atoms with E-state index in [0.717, 1.165) is 15.7 Å². The third-order valence-electron chi connectivity index (χ3n) is 1.71. The Balaban J connectivity index is 2.75. The molecule has 0 aliphatic rings. The largest absolute Gasteiger partial charge is 0.338 e. The van der Waals surface area contributed by atoms with E-state index in [1.165, 1.54) is 0 Å². The van der Waals surface area contributed by atoms with Crippen LogP contribution in [0.1, 0.15) is 12.5 Å². The van der Waals surface area contributed by atoms with Crippen molar-refractivity contribution in [3.8, 4) is 0 Å². The van der Waals surface area contributed by atoms with Crippen molar-refractivity contribution in [3.05, 3.63) is 28.2 Å². The van der Waals surface area contributed by atoms with Gasteiger partial charge in [0.2, 0.25) is 0 Å². The Kier molecular flexibility index (Phi) is 3.95. The number of halogens is 1. The standard InChI is InChI=1S/C10H13BrN2O/c1-3-12-10(14)13-9-6-7(2)4-5-8(9)11/h4-6H,3H2,1-2H3,(H2,12,13,14). The molecule has 1 aromatic rings.